The van der Waals surface area contributed by atoms with E-state index >= 15 is 0 Å². The lowest BCUT2D eigenvalue weighted by Gasteiger charge is -2.36. The zero-order chi connectivity index (χ0) is 16.2. The highest BCUT2D eigenvalue weighted by Crippen LogP contribution is 2.23. The summed E-state index contributed by atoms with van der Waals surface area (Å²) >= 11 is 0. The highest BCUT2D eigenvalue weighted by Gasteiger charge is 2.27. The number of aryl methyl sites for hydroxylation is 2. The number of nitrogens with zero attached hydrogens (tertiary/aromatic N) is 2. The van der Waals surface area contributed by atoms with Crippen molar-refractivity contribution in [3.63, 3.8) is 0 Å². The van der Waals surface area contributed by atoms with Gasteiger partial charge in [-0.05, 0) is 31.4 Å². The Morgan fingerprint density at radius 2 is 2.09 bits per heavy atom. The van der Waals surface area contributed by atoms with E-state index in [1.165, 1.54) is 11.1 Å². The third kappa shape index (κ3) is 3.45. The van der Waals surface area contributed by atoms with Crippen LogP contribution in [0.25, 0.3) is 0 Å². The summed E-state index contributed by atoms with van der Waals surface area (Å²) in [7, 11) is 0. The summed E-state index contributed by atoms with van der Waals surface area (Å²) in [5, 5.41) is 10.6. The van der Waals surface area contributed by atoms with Gasteiger partial charge in [0, 0.05) is 31.7 Å². The molecule has 0 radical (unpaired) electrons. The summed E-state index contributed by atoms with van der Waals surface area (Å²) in [6.07, 6.45) is 1.28. The SMILES string of the molecule is Cc1n[nH]c(C)c1CCC(=O)N1CCNCC1c1ccccc1. The second-order valence-electron chi connectivity index (χ2n) is 6.13. The molecule has 0 aliphatic carbocycles. The lowest BCUT2D eigenvalue weighted by atomic mass is 10.0. The summed E-state index contributed by atoms with van der Waals surface area (Å²) in [6.45, 7) is 6.44. The molecule has 5 nitrogen and oxygen atoms in total. The summed E-state index contributed by atoms with van der Waals surface area (Å²) in [5.41, 5.74) is 4.43. The van der Waals surface area contributed by atoms with E-state index in [4.69, 9.17) is 0 Å². The van der Waals surface area contributed by atoms with Gasteiger partial charge in [0.2, 0.25) is 5.91 Å². The molecule has 1 fully saturated rings. The van der Waals surface area contributed by atoms with Crippen LogP contribution in [-0.4, -0.2) is 40.6 Å². The fraction of sp³-hybridized carbons (Fsp3) is 0.444. The molecule has 1 aliphatic heterocycles. The molecule has 3 rings (SSSR count). The smallest absolute Gasteiger partial charge is 0.223 e. The molecule has 1 unspecified atom stereocenters. The summed E-state index contributed by atoms with van der Waals surface area (Å²) in [5.74, 6) is 0.223. The zero-order valence-electron chi connectivity index (χ0n) is 13.8. The Kier molecular flexibility index (Phi) is 4.76. The van der Waals surface area contributed by atoms with Crippen molar-refractivity contribution in [2.75, 3.05) is 19.6 Å². The van der Waals surface area contributed by atoms with Gasteiger partial charge in [-0.1, -0.05) is 30.3 Å². The molecule has 1 atom stereocenters. The molecule has 1 amide bonds. The standard InChI is InChI=1S/C18H24N4O/c1-13-16(14(2)21-20-13)8-9-18(23)22-11-10-19-12-17(22)15-6-4-3-5-7-15/h3-7,17,19H,8-12H2,1-2H3,(H,20,21). The molecule has 1 aliphatic rings. The summed E-state index contributed by atoms with van der Waals surface area (Å²) < 4.78 is 0. The van der Waals surface area contributed by atoms with E-state index in [0.29, 0.717) is 6.42 Å². The molecule has 2 N–H and O–H groups in total. The molecule has 2 aromatic rings. The molecule has 122 valence electrons. The number of hydrogen-bond acceptors (Lipinski definition) is 3. The number of carbonyl (C=O) groups excluding carboxylic acids is 1. The van der Waals surface area contributed by atoms with Crippen molar-refractivity contribution in [3.05, 3.63) is 52.8 Å². The van der Waals surface area contributed by atoms with Gasteiger partial charge in [0.25, 0.3) is 0 Å². The van der Waals surface area contributed by atoms with E-state index in [9.17, 15) is 4.79 Å². The predicted octanol–water partition coefficient (Wildman–Crippen LogP) is 2.13. The maximum absolute atomic E-state index is 12.8. The van der Waals surface area contributed by atoms with Crippen LogP contribution in [0.1, 0.15) is 35.0 Å². The number of H-pyrrole nitrogens is 1. The Morgan fingerprint density at radius 1 is 1.30 bits per heavy atom. The largest absolute Gasteiger partial charge is 0.333 e. The Hall–Kier alpha value is -2.14. The number of rotatable bonds is 4. The minimum Gasteiger partial charge on any atom is -0.333 e. The van der Waals surface area contributed by atoms with Crippen LogP contribution in [0, 0.1) is 13.8 Å². The van der Waals surface area contributed by atoms with Gasteiger partial charge in [-0.2, -0.15) is 5.10 Å². The van der Waals surface area contributed by atoms with Crippen LogP contribution >= 0.6 is 0 Å². The van der Waals surface area contributed by atoms with E-state index in [1.807, 2.05) is 36.9 Å². The van der Waals surface area contributed by atoms with E-state index in [0.717, 1.165) is 37.4 Å². The van der Waals surface area contributed by atoms with Gasteiger partial charge < -0.3 is 10.2 Å². The van der Waals surface area contributed by atoms with Crippen LogP contribution in [-0.2, 0) is 11.2 Å². The highest BCUT2D eigenvalue weighted by molar-refractivity contribution is 5.77. The molecule has 0 bridgehead atoms. The fourth-order valence-electron chi connectivity index (χ4n) is 3.29. The van der Waals surface area contributed by atoms with Gasteiger partial charge in [-0.3, -0.25) is 9.89 Å². The summed E-state index contributed by atoms with van der Waals surface area (Å²) in [4.78, 5) is 14.8. The molecule has 2 heterocycles. The first-order valence-electron chi connectivity index (χ1n) is 8.22. The maximum Gasteiger partial charge on any atom is 0.223 e. The summed E-state index contributed by atoms with van der Waals surface area (Å²) in [6, 6.07) is 10.4. The second-order valence-corrected chi connectivity index (χ2v) is 6.13. The lowest BCUT2D eigenvalue weighted by molar-refractivity contribution is -0.134. The molecule has 23 heavy (non-hydrogen) atoms. The van der Waals surface area contributed by atoms with Crippen molar-refractivity contribution >= 4 is 5.91 Å². The number of benzene rings is 1. The monoisotopic (exact) mass is 312 g/mol. The van der Waals surface area contributed by atoms with Crippen molar-refractivity contribution in [1.29, 1.82) is 0 Å². The van der Waals surface area contributed by atoms with Crippen molar-refractivity contribution in [1.82, 2.24) is 20.4 Å². The van der Waals surface area contributed by atoms with Gasteiger partial charge in [0.05, 0.1) is 11.7 Å². The van der Waals surface area contributed by atoms with Crippen LogP contribution in [0.3, 0.4) is 0 Å². The topological polar surface area (TPSA) is 61.0 Å². The Labute approximate surface area is 137 Å². The second kappa shape index (κ2) is 6.96. The number of carbonyl (C=O) groups is 1. The van der Waals surface area contributed by atoms with Gasteiger partial charge in [-0.15, -0.1) is 0 Å². The lowest BCUT2D eigenvalue weighted by Crippen LogP contribution is -2.48. The zero-order valence-corrected chi connectivity index (χ0v) is 13.8. The number of amides is 1. The number of nitrogens with one attached hydrogen (secondary N) is 2. The Morgan fingerprint density at radius 3 is 2.78 bits per heavy atom. The van der Waals surface area contributed by atoms with Gasteiger partial charge in [0.1, 0.15) is 0 Å². The van der Waals surface area contributed by atoms with Crippen molar-refractivity contribution < 1.29 is 4.79 Å². The van der Waals surface area contributed by atoms with Crippen LogP contribution in [0.5, 0.6) is 0 Å². The van der Waals surface area contributed by atoms with Gasteiger partial charge in [0.15, 0.2) is 0 Å². The van der Waals surface area contributed by atoms with Crippen molar-refractivity contribution in [3.8, 4) is 0 Å². The normalized spacial score (nSPS) is 18.2. The number of piperazine rings is 1. The highest BCUT2D eigenvalue weighted by atomic mass is 16.2. The first-order valence-corrected chi connectivity index (χ1v) is 8.22. The molecule has 1 aromatic carbocycles. The molecule has 1 saturated heterocycles. The number of hydrogen-bond donors (Lipinski definition) is 2. The maximum atomic E-state index is 12.8. The van der Waals surface area contributed by atoms with Crippen LogP contribution < -0.4 is 5.32 Å². The molecule has 1 aromatic heterocycles. The van der Waals surface area contributed by atoms with Crippen LogP contribution in [0.15, 0.2) is 30.3 Å². The molecule has 0 spiro atoms. The molecule has 5 heteroatoms. The van der Waals surface area contributed by atoms with Crippen LogP contribution in [0.2, 0.25) is 0 Å². The Bertz CT molecular complexity index is 645. The van der Waals surface area contributed by atoms with Crippen molar-refractivity contribution in [2.24, 2.45) is 0 Å². The Balaban J connectivity index is 1.69. The van der Waals surface area contributed by atoms with Crippen LogP contribution in [0.4, 0.5) is 0 Å². The quantitative estimate of drug-likeness (QED) is 0.909. The molecule has 0 saturated carbocycles. The van der Waals surface area contributed by atoms with E-state index < -0.39 is 0 Å². The average Bonchev–Trinajstić information content (AvgIpc) is 2.92. The first-order chi connectivity index (χ1) is 11.2. The van der Waals surface area contributed by atoms with E-state index in [2.05, 4.69) is 27.6 Å². The number of aromatic nitrogens is 2. The third-order valence-corrected chi connectivity index (χ3v) is 4.62. The number of aromatic amines is 1. The van der Waals surface area contributed by atoms with E-state index in [1.54, 1.807) is 0 Å². The minimum atomic E-state index is 0.129. The van der Waals surface area contributed by atoms with Gasteiger partial charge >= 0.3 is 0 Å². The third-order valence-electron chi connectivity index (χ3n) is 4.62. The fourth-order valence-corrected chi connectivity index (χ4v) is 3.29. The van der Waals surface area contributed by atoms with E-state index in [-0.39, 0.29) is 11.9 Å². The average molecular weight is 312 g/mol. The van der Waals surface area contributed by atoms with Gasteiger partial charge in [-0.25, -0.2) is 0 Å². The van der Waals surface area contributed by atoms with Crippen molar-refractivity contribution in [2.45, 2.75) is 32.7 Å². The predicted molar refractivity (Wildman–Crippen MR) is 90.1 cm³/mol. The first kappa shape index (κ1) is 15.7. The molecular formula is C18H24N4O. The minimum absolute atomic E-state index is 0.129. The molecular weight excluding hydrogens is 288 g/mol.